The molecule has 2 aromatic rings. The summed E-state index contributed by atoms with van der Waals surface area (Å²) in [6.07, 6.45) is 1.82. The molecule has 0 saturated carbocycles. The number of rotatable bonds is 1. The molecular formula is C24H24N2O. The van der Waals surface area contributed by atoms with Gasteiger partial charge in [-0.1, -0.05) is 69.3 Å². The Kier molecular flexibility index (Phi) is 4.08. The van der Waals surface area contributed by atoms with Crippen LogP contribution in [0.25, 0.3) is 5.76 Å². The largest absolute Gasteiger partial charge is 0.440 e. The van der Waals surface area contributed by atoms with Crippen molar-refractivity contribution in [3.05, 3.63) is 87.8 Å². The maximum atomic E-state index is 9.77. The minimum Gasteiger partial charge on any atom is -0.440 e. The van der Waals surface area contributed by atoms with Gasteiger partial charge in [0, 0.05) is 11.5 Å². The predicted molar refractivity (Wildman–Crippen MR) is 107 cm³/mol. The number of allylic oxidation sites excluding steroid dienone is 2. The second kappa shape index (κ2) is 6.32. The van der Waals surface area contributed by atoms with Crippen LogP contribution in [0.1, 0.15) is 55.4 Å². The van der Waals surface area contributed by atoms with Crippen LogP contribution in [0, 0.1) is 11.3 Å². The van der Waals surface area contributed by atoms with E-state index >= 15 is 0 Å². The molecule has 1 aliphatic carbocycles. The number of nitrogens with two attached hydrogens (primary N) is 1. The second-order valence-corrected chi connectivity index (χ2v) is 8.31. The fourth-order valence-corrected chi connectivity index (χ4v) is 4.06. The Morgan fingerprint density at radius 1 is 1.04 bits per heavy atom. The zero-order chi connectivity index (χ0) is 19.2. The standard InChI is InChI=1S/C24H24N2O/c1-24(2,3)17-11-8-16(9-12-17)21-19-13-10-15-6-4-5-7-18(15)22(19)27-23(26)20(21)14-25/h4-9,11-12,21H,10,13,26H2,1-3H3. The zero-order valence-electron chi connectivity index (χ0n) is 16.0. The van der Waals surface area contributed by atoms with Crippen molar-refractivity contribution in [3.8, 4) is 6.07 Å². The molecule has 0 radical (unpaired) electrons. The molecular weight excluding hydrogens is 332 g/mol. The van der Waals surface area contributed by atoms with Gasteiger partial charge in [-0.15, -0.1) is 0 Å². The Hall–Kier alpha value is -2.99. The van der Waals surface area contributed by atoms with E-state index in [4.69, 9.17) is 10.5 Å². The Balaban J connectivity index is 1.85. The number of nitrogens with zero attached hydrogens (tertiary/aromatic N) is 1. The van der Waals surface area contributed by atoms with Crippen LogP contribution in [-0.2, 0) is 16.6 Å². The van der Waals surface area contributed by atoms with E-state index in [1.165, 1.54) is 11.1 Å². The molecule has 3 nitrogen and oxygen atoms in total. The Morgan fingerprint density at radius 2 is 1.74 bits per heavy atom. The van der Waals surface area contributed by atoms with Crippen molar-refractivity contribution in [2.75, 3.05) is 0 Å². The van der Waals surface area contributed by atoms with Crippen molar-refractivity contribution in [3.63, 3.8) is 0 Å². The van der Waals surface area contributed by atoms with Crippen LogP contribution in [0.15, 0.2) is 65.6 Å². The molecule has 0 saturated heterocycles. The van der Waals surface area contributed by atoms with Crippen LogP contribution in [0.4, 0.5) is 0 Å². The maximum absolute atomic E-state index is 9.77. The molecule has 2 aromatic carbocycles. The molecule has 0 amide bonds. The Bertz CT molecular complexity index is 998. The third kappa shape index (κ3) is 2.92. The number of hydrogen-bond acceptors (Lipinski definition) is 3. The molecule has 3 heteroatoms. The summed E-state index contributed by atoms with van der Waals surface area (Å²) < 4.78 is 5.96. The van der Waals surface area contributed by atoms with Crippen LogP contribution in [0.3, 0.4) is 0 Å². The molecule has 4 rings (SSSR count). The van der Waals surface area contributed by atoms with Crippen molar-refractivity contribution in [2.24, 2.45) is 5.73 Å². The van der Waals surface area contributed by atoms with Crippen molar-refractivity contribution in [1.29, 1.82) is 5.26 Å². The fourth-order valence-electron chi connectivity index (χ4n) is 4.06. The minimum atomic E-state index is -0.138. The van der Waals surface area contributed by atoms with Gasteiger partial charge in [-0.05, 0) is 40.5 Å². The minimum absolute atomic E-state index is 0.0926. The summed E-state index contributed by atoms with van der Waals surface area (Å²) in [6, 6.07) is 19.2. The van der Waals surface area contributed by atoms with Gasteiger partial charge >= 0.3 is 0 Å². The SMILES string of the molecule is CC(C)(C)c1ccc(C2C(C#N)=C(N)OC3=C2CCc2ccccc23)cc1. The molecule has 1 atom stereocenters. The van der Waals surface area contributed by atoms with Gasteiger partial charge in [0.05, 0.1) is 0 Å². The number of aryl methyl sites for hydroxylation is 1. The smallest absolute Gasteiger partial charge is 0.205 e. The van der Waals surface area contributed by atoms with Crippen molar-refractivity contribution in [2.45, 2.75) is 44.9 Å². The summed E-state index contributed by atoms with van der Waals surface area (Å²) in [5.74, 6) is 0.914. The van der Waals surface area contributed by atoms with Gasteiger partial charge in [0.25, 0.3) is 0 Å². The van der Waals surface area contributed by atoms with Crippen molar-refractivity contribution in [1.82, 2.24) is 0 Å². The van der Waals surface area contributed by atoms with Gasteiger partial charge in [-0.3, -0.25) is 0 Å². The highest BCUT2D eigenvalue weighted by Gasteiger charge is 2.35. The fraction of sp³-hybridized carbons (Fsp3) is 0.292. The summed E-state index contributed by atoms with van der Waals surface area (Å²) in [6.45, 7) is 6.61. The van der Waals surface area contributed by atoms with E-state index in [0.29, 0.717) is 5.57 Å². The highest BCUT2D eigenvalue weighted by atomic mass is 16.5. The van der Waals surface area contributed by atoms with E-state index < -0.39 is 0 Å². The first-order chi connectivity index (χ1) is 12.9. The molecule has 0 bridgehead atoms. The molecule has 1 unspecified atom stereocenters. The summed E-state index contributed by atoms with van der Waals surface area (Å²) in [5, 5.41) is 9.77. The maximum Gasteiger partial charge on any atom is 0.205 e. The average molecular weight is 356 g/mol. The van der Waals surface area contributed by atoms with Gasteiger partial charge in [0.15, 0.2) is 0 Å². The molecule has 27 heavy (non-hydrogen) atoms. The molecule has 2 aliphatic rings. The average Bonchev–Trinajstić information content (AvgIpc) is 2.66. The van der Waals surface area contributed by atoms with E-state index in [1.807, 2.05) is 6.07 Å². The highest BCUT2D eigenvalue weighted by molar-refractivity contribution is 5.74. The lowest BCUT2D eigenvalue weighted by Gasteiger charge is -2.33. The van der Waals surface area contributed by atoms with Crippen molar-refractivity contribution >= 4 is 5.76 Å². The number of hydrogen-bond donors (Lipinski definition) is 1. The molecule has 136 valence electrons. The lowest BCUT2D eigenvalue weighted by Crippen LogP contribution is -2.23. The van der Waals surface area contributed by atoms with Gasteiger partial charge in [-0.25, -0.2) is 0 Å². The van der Waals surface area contributed by atoms with Crippen LogP contribution >= 0.6 is 0 Å². The summed E-state index contributed by atoms with van der Waals surface area (Å²) in [5.41, 5.74) is 12.7. The molecule has 1 heterocycles. The molecule has 2 N–H and O–H groups in total. The van der Waals surface area contributed by atoms with Gasteiger partial charge in [0.2, 0.25) is 5.88 Å². The van der Waals surface area contributed by atoms with E-state index in [0.717, 1.165) is 35.3 Å². The van der Waals surface area contributed by atoms with Crippen molar-refractivity contribution < 1.29 is 4.74 Å². The van der Waals surface area contributed by atoms with Gasteiger partial charge in [0.1, 0.15) is 17.4 Å². The number of fused-ring (bicyclic) bond motifs is 2. The molecule has 0 fully saturated rings. The Morgan fingerprint density at radius 3 is 2.41 bits per heavy atom. The molecule has 0 aromatic heterocycles. The zero-order valence-corrected chi connectivity index (χ0v) is 16.0. The van der Waals surface area contributed by atoms with E-state index in [-0.39, 0.29) is 17.2 Å². The van der Waals surface area contributed by atoms with E-state index in [1.54, 1.807) is 0 Å². The van der Waals surface area contributed by atoms with Crippen LogP contribution in [0.2, 0.25) is 0 Å². The number of benzene rings is 2. The first-order valence-corrected chi connectivity index (χ1v) is 9.39. The first-order valence-electron chi connectivity index (χ1n) is 9.39. The predicted octanol–water partition coefficient (Wildman–Crippen LogP) is 5.15. The van der Waals surface area contributed by atoms with Crippen LogP contribution < -0.4 is 5.73 Å². The lowest BCUT2D eigenvalue weighted by molar-refractivity contribution is 0.349. The second-order valence-electron chi connectivity index (χ2n) is 8.31. The third-order valence-electron chi connectivity index (χ3n) is 5.56. The highest BCUT2D eigenvalue weighted by Crippen LogP contribution is 2.47. The summed E-state index contributed by atoms with van der Waals surface area (Å²) in [4.78, 5) is 0. The summed E-state index contributed by atoms with van der Waals surface area (Å²) in [7, 11) is 0. The lowest BCUT2D eigenvalue weighted by atomic mass is 9.76. The summed E-state index contributed by atoms with van der Waals surface area (Å²) >= 11 is 0. The molecule has 1 aliphatic heterocycles. The Labute approximate surface area is 160 Å². The molecule has 0 spiro atoms. The first kappa shape index (κ1) is 17.4. The van der Waals surface area contributed by atoms with Crippen LogP contribution in [0.5, 0.6) is 0 Å². The topological polar surface area (TPSA) is 59.0 Å². The van der Waals surface area contributed by atoms with E-state index in [9.17, 15) is 5.26 Å². The van der Waals surface area contributed by atoms with E-state index in [2.05, 4.69) is 69.3 Å². The third-order valence-corrected chi connectivity index (χ3v) is 5.56. The normalized spacial score (nSPS) is 19.1. The number of nitriles is 1. The van der Waals surface area contributed by atoms with Gasteiger partial charge in [-0.2, -0.15) is 5.26 Å². The number of ether oxygens (including phenoxy) is 1. The van der Waals surface area contributed by atoms with Gasteiger partial charge < -0.3 is 10.5 Å². The monoisotopic (exact) mass is 356 g/mol. The quantitative estimate of drug-likeness (QED) is 0.769. The van der Waals surface area contributed by atoms with Crippen LogP contribution in [-0.4, -0.2) is 0 Å².